The number of nitrogen functional groups attached to an aromatic ring is 1. The zero-order valence-corrected chi connectivity index (χ0v) is 13.3. The average molecular weight is 307 g/mol. The molecule has 1 heterocycles. The number of rotatable bonds is 8. The maximum absolute atomic E-state index is 6.05. The van der Waals surface area contributed by atoms with Gasteiger partial charge in [-0.05, 0) is 30.5 Å². The van der Waals surface area contributed by atoms with Gasteiger partial charge in [0, 0.05) is 5.02 Å². The molecule has 2 aromatic rings. The van der Waals surface area contributed by atoms with E-state index in [1.807, 2.05) is 24.3 Å². The summed E-state index contributed by atoms with van der Waals surface area (Å²) in [4.78, 5) is 0. The van der Waals surface area contributed by atoms with Gasteiger partial charge in [0.05, 0.1) is 11.3 Å². The molecule has 1 aromatic carbocycles. The van der Waals surface area contributed by atoms with Crippen molar-refractivity contribution in [2.45, 2.75) is 51.9 Å². The summed E-state index contributed by atoms with van der Waals surface area (Å²) in [5.74, 6) is 0.373. The lowest BCUT2D eigenvalue weighted by molar-refractivity contribution is 0.425. The molecule has 114 valence electrons. The summed E-state index contributed by atoms with van der Waals surface area (Å²) in [5, 5.41) is 4.81. The largest absolute Gasteiger partial charge is 0.367 e. The van der Waals surface area contributed by atoms with Crippen molar-refractivity contribution in [2.24, 2.45) is 0 Å². The van der Waals surface area contributed by atoms with Crippen LogP contribution < -0.4 is 5.73 Å². The van der Waals surface area contributed by atoms with Gasteiger partial charge in [0.1, 0.15) is 0 Å². The summed E-state index contributed by atoms with van der Waals surface area (Å²) < 4.78 is 5.17. The highest BCUT2D eigenvalue weighted by Gasteiger charge is 2.15. The molecule has 0 fully saturated rings. The van der Waals surface area contributed by atoms with E-state index < -0.39 is 0 Å². The van der Waals surface area contributed by atoms with Crippen LogP contribution in [0.3, 0.4) is 0 Å². The van der Waals surface area contributed by atoms with Crippen LogP contribution >= 0.6 is 11.6 Å². The van der Waals surface area contributed by atoms with Crippen LogP contribution in [0.2, 0.25) is 5.02 Å². The van der Waals surface area contributed by atoms with Crippen LogP contribution in [0.5, 0.6) is 0 Å². The summed E-state index contributed by atoms with van der Waals surface area (Å²) in [5.41, 5.74) is 8.73. The van der Waals surface area contributed by atoms with E-state index in [2.05, 4.69) is 12.1 Å². The lowest BCUT2D eigenvalue weighted by Gasteiger charge is -2.03. The number of halogens is 1. The Bertz CT molecular complexity index is 566. The van der Waals surface area contributed by atoms with Crippen LogP contribution in [0.15, 0.2) is 28.8 Å². The molecule has 3 nitrogen and oxygen atoms in total. The van der Waals surface area contributed by atoms with Gasteiger partial charge < -0.3 is 10.3 Å². The zero-order valence-electron chi connectivity index (χ0n) is 12.6. The normalized spacial score (nSPS) is 11.0. The zero-order chi connectivity index (χ0) is 15.1. The minimum Gasteiger partial charge on any atom is -0.367 e. The van der Waals surface area contributed by atoms with Crippen LogP contribution in [-0.2, 0) is 6.42 Å². The maximum atomic E-state index is 6.05. The molecule has 2 N–H and O–H groups in total. The van der Waals surface area contributed by atoms with E-state index >= 15 is 0 Å². The van der Waals surface area contributed by atoms with E-state index in [1.165, 1.54) is 32.1 Å². The first-order chi connectivity index (χ1) is 10.2. The molecule has 2 rings (SSSR count). The van der Waals surface area contributed by atoms with Crippen LogP contribution in [0.25, 0.3) is 11.1 Å². The minimum atomic E-state index is 0.373. The molecule has 0 amide bonds. The second kappa shape index (κ2) is 8.08. The SMILES string of the molecule is CCCCCCCCc1noc(N)c1-c1cccc(Cl)c1. The predicted octanol–water partition coefficient (Wildman–Crippen LogP) is 5.48. The first-order valence-electron chi connectivity index (χ1n) is 7.72. The quantitative estimate of drug-likeness (QED) is 0.657. The fourth-order valence-corrected chi connectivity index (χ4v) is 2.72. The third-order valence-electron chi connectivity index (χ3n) is 3.67. The molecule has 0 aliphatic carbocycles. The Balaban J connectivity index is 1.98. The minimum absolute atomic E-state index is 0.373. The van der Waals surface area contributed by atoms with Gasteiger partial charge in [-0.1, -0.05) is 67.9 Å². The monoisotopic (exact) mass is 306 g/mol. The van der Waals surface area contributed by atoms with Crippen molar-refractivity contribution in [3.8, 4) is 11.1 Å². The van der Waals surface area contributed by atoms with Crippen molar-refractivity contribution >= 4 is 17.5 Å². The predicted molar refractivity (Wildman–Crippen MR) is 88.4 cm³/mol. The Hall–Kier alpha value is -1.48. The van der Waals surface area contributed by atoms with Crippen molar-refractivity contribution in [3.63, 3.8) is 0 Å². The van der Waals surface area contributed by atoms with E-state index in [-0.39, 0.29) is 0 Å². The Labute approximate surface area is 131 Å². The van der Waals surface area contributed by atoms with Gasteiger partial charge >= 0.3 is 0 Å². The molecule has 0 bridgehead atoms. The lowest BCUT2D eigenvalue weighted by Crippen LogP contribution is -1.92. The standard InChI is InChI=1S/C17H23ClN2O/c1-2-3-4-5-6-7-11-15-16(17(19)21-20-15)13-9-8-10-14(18)12-13/h8-10,12H,2-7,11,19H2,1H3. The van der Waals surface area contributed by atoms with Gasteiger partial charge in [0.15, 0.2) is 0 Å². The molecule has 0 aliphatic rings. The summed E-state index contributed by atoms with van der Waals surface area (Å²) in [6, 6.07) is 7.65. The number of aromatic nitrogens is 1. The third kappa shape index (κ3) is 4.50. The van der Waals surface area contributed by atoms with Crippen molar-refractivity contribution in [3.05, 3.63) is 35.0 Å². The van der Waals surface area contributed by atoms with E-state index in [0.29, 0.717) is 10.9 Å². The van der Waals surface area contributed by atoms with E-state index in [0.717, 1.165) is 29.7 Å². The number of anilines is 1. The summed E-state index contributed by atoms with van der Waals surface area (Å²) in [6.07, 6.45) is 8.44. The van der Waals surface area contributed by atoms with E-state index in [9.17, 15) is 0 Å². The Morgan fingerprint density at radius 1 is 1.14 bits per heavy atom. The molecule has 21 heavy (non-hydrogen) atoms. The molecule has 0 atom stereocenters. The number of aryl methyl sites for hydroxylation is 1. The first kappa shape index (κ1) is 15.9. The highest BCUT2D eigenvalue weighted by Crippen LogP contribution is 2.32. The average Bonchev–Trinajstić information content (AvgIpc) is 2.84. The van der Waals surface area contributed by atoms with Crippen LogP contribution in [0.4, 0.5) is 5.88 Å². The molecule has 0 aliphatic heterocycles. The number of nitrogens with zero attached hydrogens (tertiary/aromatic N) is 1. The first-order valence-corrected chi connectivity index (χ1v) is 8.10. The fourth-order valence-electron chi connectivity index (χ4n) is 2.53. The molecule has 1 aromatic heterocycles. The van der Waals surface area contributed by atoms with Crippen LogP contribution in [0.1, 0.15) is 51.1 Å². The van der Waals surface area contributed by atoms with Crippen molar-refractivity contribution in [1.82, 2.24) is 5.16 Å². The van der Waals surface area contributed by atoms with Gasteiger partial charge in [0.25, 0.3) is 0 Å². The molecule has 4 heteroatoms. The summed E-state index contributed by atoms with van der Waals surface area (Å²) in [6.45, 7) is 2.23. The summed E-state index contributed by atoms with van der Waals surface area (Å²) >= 11 is 6.05. The van der Waals surface area contributed by atoms with Crippen LogP contribution in [0, 0.1) is 0 Å². The fraction of sp³-hybridized carbons (Fsp3) is 0.471. The second-order valence-corrected chi connectivity index (χ2v) is 5.83. The van der Waals surface area contributed by atoms with E-state index in [1.54, 1.807) is 0 Å². The molecular weight excluding hydrogens is 284 g/mol. The summed E-state index contributed by atoms with van der Waals surface area (Å²) in [7, 11) is 0. The Morgan fingerprint density at radius 3 is 2.67 bits per heavy atom. The van der Waals surface area contributed by atoms with Gasteiger partial charge in [-0.15, -0.1) is 0 Å². The smallest absolute Gasteiger partial charge is 0.230 e. The molecule has 0 saturated carbocycles. The highest BCUT2D eigenvalue weighted by atomic mass is 35.5. The molecule has 0 radical (unpaired) electrons. The number of unbranched alkanes of at least 4 members (excludes halogenated alkanes) is 5. The van der Waals surface area contributed by atoms with Gasteiger partial charge in [0.2, 0.25) is 5.88 Å². The maximum Gasteiger partial charge on any atom is 0.230 e. The molecule has 0 spiro atoms. The highest BCUT2D eigenvalue weighted by molar-refractivity contribution is 6.30. The van der Waals surface area contributed by atoms with E-state index in [4.69, 9.17) is 21.9 Å². The number of hydrogen-bond acceptors (Lipinski definition) is 3. The molecule has 0 saturated heterocycles. The Kier molecular flexibility index (Phi) is 6.12. The topological polar surface area (TPSA) is 52.0 Å². The lowest BCUT2D eigenvalue weighted by atomic mass is 10.0. The number of hydrogen-bond donors (Lipinski definition) is 1. The van der Waals surface area contributed by atoms with Gasteiger partial charge in [-0.25, -0.2) is 0 Å². The van der Waals surface area contributed by atoms with Gasteiger partial charge in [-0.3, -0.25) is 0 Å². The molecular formula is C17H23ClN2O. The van der Waals surface area contributed by atoms with Gasteiger partial charge in [-0.2, -0.15) is 0 Å². The van der Waals surface area contributed by atoms with Crippen LogP contribution in [-0.4, -0.2) is 5.16 Å². The third-order valence-corrected chi connectivity index (χ3v) is 3.90. The van der Waals surface area contributed by atoms with Crippen molar-refractivity contribution < 1.29 is 4.52 Å². The number of nitrogens with two attached hydrogens (primary N) is 1. The molecule has 0 unspecified atom stereocenters. The van der Waals surface area contributed by atoms with Crippen molar-refractivity contribution in [1.29, 1.82) is 0 Å². The van der Waals surface area contributed by atoms with Crippen molar-refractivity contribution in [2.75, 3.05) is 5.73 Å². The number of benzene rings is 1. The Morgan fingerprint density at radius 2 is 1.90 bits per heavy atom. The second-order valence-electron chi connectivity index (χ2n) is 5.40.